The molecule has 156 valence electrons. The van der Waals surface area contributed by atoms with Crippen molar-refractivity contribution >= 4 is 17.2 Å². The second kappa shape index (κ2) is 10.0. The lowest BCUT2D eigenvalue weighted by molar-refractivity contribution is -1.03. The van der Waals surface area contributed by atoms with E-state index in [1.807, 2.05) is 30.3 Å². The molecule has 0 bridgehead atoms. The van der Waals surface area contributed by atoms with Crippen molar-refractivity contribution in [2.24, 2.45) is 0 Å². The Labute approximate surface area is 183 Å². The van der Waals surface area contributed by atoms with Gasteiger partial charge < -0.3 is 15.1 Å². The summed E-state index contributed by atoms with van der Waals surface area (Å²) >= 11 is 1.80. The lowest BCUT2D eigenvalue weighted by Crippen LogP contribution is -3.28. The van der Waals surface area contributed by atoms with Crippen molar-refractivity contribution in [3.8, 4) is 0 Å². The third kappa shape index (κ3) is 5.17. The molecule has 3 N–H and O–H groups in total. The van der Waals surface area contributed by atoms with E-state index >= 15 is 0 Å². The van der Waals surface area contributed by atoms with Crippen molar-refractivity contribution < 1.29 is 14.6 Å². The van der Waals surface area contributed by atoms with Gasteiger partial charge in [0, 0.05) is 11.1 Å². The highest BCUT2D eigenvalue weighted by molar-refractivity contribution is 7.10. The Balaban J connectivity index is 1.41. The van der Waals surface area contributed by atoms with E-state index in [9.17, 15) is 4.79 Å². The molecule has 5 heteroatoms. The molecule has 4 nitrogen and oxygen atoms in total. The Morgan fingerprint density at radius 1 is 0.933 bits per heavy atom. The van der Waals surface area contributed by atoms with Gasteiger partial charge in [0.25, 0.3) is 5.91 Å². The number of quaternary nitrogens is 2. The van der Waals surface area contributed by atoms with E-state index in [4.69, 9.17) is 0 Å². The van der Waals surface area contributed by atoms with Crippen LogP contribution in [0, 0.1) is 0 Å². The number of hydrogen-bond donors (Lipinski definition) is 3. The van der Waals surface area contributed by atoms with Crippen molar-refractivity contribution in [1.82, 2.24) is 5.32 Å². The molecule has 2 atom stereocenters. The van der Waals surface area contributed by atoms with Gasteiger partial charge in [0.05, 0.1) is 10.9 Å². The molecule has 0 unspecified atom stereocenters. The van der Waals surface area contributed by atoms with Crippen molar-refractivity contribution in [2.75, 3.05) is 26.2 Å². The molecule has 3 aromatic rings. The van der Waals surface area contributed by atoms with Gasteiger partial charge in [-0.15, -0.1) is 11.3 Å². The van der Waals surface area contributed by atoms with Crippen molar-refractivity contribution in [2.45, 2.75) is 25.6 Å². The Bertz CT molecular complexity index is 906. The Hall–Kier alpha value is -2.47. The summed E-state index contributed by atoms with van der Waals surface area (Å²) in [5, 5.41) is 5.42. The molecular formula is C25H31N3OS+2. The topological polar surface area (TPSA) is 38.0 Å². The standard InChI is InChI=1S/C25H29N3OS/c1-20(26-25(29)22-11-6-3-7-12-22)24(23-13-8-18-30-23)28-16-14-27(15-17-28)19-21-9-4-2-5-10-21/h2-13,18,20,24H,14-17,19H2,1H3,(H,26,29)/p+2/t20-,24+/m1/s1. The second-order valence-electron chi connectivity index (χ2n) is 8.19. The van der Waals surface area contributed by atoms with Gasteiger partial charge in [0.15, 0.2) is 0 Å². The van der Waals surface area contributed by atoms with Gasteiger partial charge in [-0.05, 0) is 30.5 Å². The molecule has 1 amide bonds. The number of carbonyl (C=O) groups is 1. The fourth-order valence-corrected chi connectivity index (χ4v) is 5.52. The minimum Gasteiger partial charge on any atom is -0.343 e. The highest BCUT2D eigenvalue weighted by Gasteiger charge is 2.35. The zero-order valence-electron chi connectivity index (χ0n) is 17.5. The van der Waals surface area contributed by atoms with Crippen molar-refractivity contribution in [3.63, 3.8) is 0 Å². The largest absolute Gasteiger partial charge is 0.343 e. The molecule has 1 fully saturated rings. The lowest BCUT2D eigenvalue weighted by atomic mass is 10.0. The summed E-state index contributed by atoms with van der Waals surface area (Å²) in [6.45, 7) is 7.81. The summed E-state index contributed by atoms with van der Waals surface area (Å²) in [5.74, 6) is 0.0115. The number of carbonyl (C=O) groups excluding carboxylic acids is 1. The normalized spacial score (nSPS) is 21.0. The van der Waals surface area contributed by atoms with Crippen LogP contribution in [0.2, 0.25) is 0 Å². The average molecular weight is 422 g/mol. The first-order valence-electron chi connectivity index (χ1n) is 10.8. The van der Waals surface area contributed by atoms with E-state index in [0.29, 0.717) is 0 Å². The van der Waals surface area contributed by atoms with Gasteiger partial charge in [-0.25, -0.2) is 0 Å². The summed E-state index contributed by atoms with van der Waals surface area (Å²) in [6.07, 6.45) is 0. The number of piperazine rings is 1. The van der Waals surface area contributed by atoms with Crippen LogP contribution in [0.4, 0.5) is 0 Å². The Kier molecular flexibility index (Phi) is 6.95. The lowest BCUT2D eigenvalue weighted by Gasteiger charge is -2.37. The third-order valence-corrected chi connectivity index (χ3v) is 7.04. The first-order chi connectivity index (χ1) is 14.7. The van der Waals surface area contributed by atoms with Gasteiger partial charge in [-0.3, -0.25) is 4.79 Å². The van der Waals surface area contributed by atoms with E-state index in [0.717, 1.165) is 38.3 Å². The maximum Gasteiger partial charge on any atom is 0.251 e. The smallest absolute Gasteiger partial charge is 0.251 e. The molecule has 2 heterocycles. The van der Waals surface area contributed by atoms with E-state index in [2.05, 4.69) is 60.1 Å². The Morgan fingerprint density at radius 3 is 2.23 bits per heavy atom. The SMILES string of the molecule is C[C@@H](NC(=O)c1ccccc1)[C@@H](c1cccs1)[NH+]1CC[NH+](Cc2ccccc2)CC1. The molecule has 0 aliphatic carbocycles. The van der Waals surface area contributed by atoms with Gasteiger partial charge in [0.1, 0.15) is 38.8 Å². The minimum absolute atomic E-state index is 0.0115. The molecule has 2 aromatic carbocycles. The molecule has 1 aliphatic rings. The molecule has 1 aliphatic heterocycles. The zero-order chi connectivity index (χ0) is 20.8. The maximum absolute atomic E-state index is 12.7. The highest BCUT2D eigenvalue weighted by Crippen LogP contribution is 2.20. The van der Waals surface area contributed by atoms with Gasteiger partial charge in [0.2, 0.25) is 0 Å². The fourth-order valence-electron chi connectivity index (χ4n) is 4.53. The molecule has 0 saturated carbocycles. The van der Waals surface area contributed by atoms with E-state index in [-0.39, 0.29) is 18.0 Å². The van der Waals surface area contributed by atoms with Crippen molar-refractivity contribution in [3.05, 3.63) is 94.2 Å². The van der Waals surface area contributed by atoms with E-state index < -0.39 is 0 Å². The molecular weight excluding hydrogens is 390 g/mol. The second-order valence-corrected chi connectivity index (χ2v) is 9.17. The summed E-state index contributed by atoms with van der Waals surface area (Å²) in [7, 11) is 0. The number of nitrogens with one attached hydrogen (secondary N) is 3. The van der Waals surface area contributed by atoms with Crippen LogP contribution >= 0.6 is 11.3 Å². The zero-order valence-corrected chi connectivity index (χ0v) is 18.3. The van der Waals surface area contributed by atoms with Crippen LogP contribution in [0.25, 0.3) is 0 Å². The molecule has 1 saturated heterocycles. The molecule has 0 radical (unpaired) electrons. The average Bonchev–Trinajstić information content (AvgIpc) is 3.31. The maximum atomic E-state index is 12.7. The van der Waals surface area contributed by atoms with Crippen LogP contribution in [0.5, 0.6) is 0 Å². The number of benzene rings is 2. The van der Waals surface area contributed by atoms with Crippen LogP contribution in [-0.2, 0) is 6.54 Å². The first kappa shape index (κ1) is 20.8. The van der Waals surface area contributed by atoms with E-state index in [1.54, 1.807) is 21.1 Å². The van der Waals surface area contributed by atoms with Gasteiger partial charge >= 0.3 is 0 Å². The number of hydrogen-bond acceptors (Lipinski definition) is 2. The minimum atomic E-state index is 0.0115. The number of rotatable bonds is 7. The fraction of sp³-hybridized carbons (Fsp3) is 0.320. The predicted octanol–water partition coefficient (Wildman–Crippen LogP) is 1.59. The summed E-state index contributed by atoms with van der Waals surface area (Å²) in [6, 6.07) is 25.0. The molecule has 30 heavy (non-hydrogen) atoms. The van der Waals surface area contributed by atoms with Gasteiger partial charge in [-0.2, -0.15) is 0 Å². The first-order valence-corrected chi connectivity index (χ1v) is 11.7. The van der Waals surface area contributed by atoms with E-state index in [1.165, 1.54) is 10.4 Å². The summed E-state index contributed by atoms with van der Waals surface area (Å²) in [4.78, 5) is 17.3. The molecule has 0 spiro atoms. The predicted molar refractivity (Wildman–Crippen MR) is 122 cm³/mol. The molecule has 4 rings (SSSR count). The van der Waals surface area contributed by atoms with Crippen molar-refractivity contribution in [1.29, 1.82) is 0 Å². The number of amides is 1. The van der Waals surface area contributed by atoms with Crippen LogP contribution in [0.15, 0.2) is 78.2 Å². The molecule has 1 aromatic heterocycles. The summed E-state index contributed by atoms with van der Waals surface area (Å²) in [5.41, 5.74) is 2.13. The van der Waals surface area contributed by atoms with Crippen LogP contribution in [-0.4, -0.2) is 38.1 Å². The Morgan fingerprint density at radius 2 is 1.60 bits per heavy atom. The third-order valence-electron chi connectivity index (χ3n) is 6.08. The monoisotopic (exact) mass is 421 g/mol. The highest BCUT2D eigenvalue weighted by atomic mass is 32.1. The van der Waals surface area contributed by atoms with Crippen LogP contribution in [0.1, 0.15) is 33.8 Å². The van der Waals surface area contributed by atoms with Gasteiger partial charge in [-0.1, -0.05) is 54.6 Å². The quantitative estimate of drug-likeness (QED) is 0.533. The summed E-state index contributed by atoms with van der Waals surface area (Å²) < 4.78 is 0. The van der Waals surface area contributed by atoms with Crippen LogP contribution in [0.3, 0.4) is 0 Å². The van der Waals surface area contributed by atoms with Crippen LogP contribution < -0.4 is 15.1 Å². The number of thiophene rings is 1.